The van der Waals surface area contributed by atoms with Crippen molar-refractivity contribution in [2.24, 2.45) is 5.41 Å². The Morgan fingerprint density at radius 1 is 1.21 bits per heavy atom. The molecule has 1 amide bonds. The van der Waals surface area contributed by atoms with Crippen molar-refractivity contribution in [3.05, 3.63) is 23.8 Å². The fraction of sp³-hybridized carbons (Fsp3) is 0.533. The molecule has 0 aromatic heterocycles. The summed E-state index contributed by atoms with van der Waals surface area (Å²) in [5, 5.41) is 21.8. The van der Waals surface area contributed by atoms with E-state index < -0.39 is 0 Å². The molecular formula is C15H21NO3. The molecule has 0 spiro atoms. The summed E-state index contributed by atoms with van der Waals surface area (Å²) in [5.41, 5.74) is 0.381. The molecule has 1 aromatic carbocycles. The maximum atomic E-state index is 12.2. The number of phenolic OH excluding ortho intramolecular Hbond substituents is 2. The molecule has 0 heterocycles. The highest BCUT2D eigenvalue weighted by Crippen LogP contribution is 2.35. The Kier molecular flexibility index (Phi) is 3.69. The summed E-state index contributed by atoms with van der Waals surface area (Å²) in [6, 6.07) is 4.08. The lowest BCUT2D eigenvalue weighted by Crippen LogP contribution is -2.46. The molecule has 1 atom stereocenters. The molecule has 1 aliphatic rings. The number of amides is 1. The molecule has 104 valence electrons. The van der Waals surface area contributed by atoms with Gasteiger partial charge in [-0.15, -0.1) is 0 Å². The predicted molar refractivity (Wildman–Crippen MR) is 73.3 cm³/mol. The number of rotatable bonds is 2. The van der Waals surface area contributed by atoms with Gasteiger partial charge in [-0.05, 0) is 30.4 Å². The predicted octanol–water partition coefficient (Wildman–Crippen LogP) is 2.80. The fourth-order valence-electron chi connectivity index (χ4n) is 2.73. The summed E-state index contributed by atoms with van der Waals surface area (Å²) in [5.74, 6) is -0.452. The Hall–Kier alpha value is -1.71. The smallest absolute Gasteiger partial charge is 0.251 e. The van der Waals surface area contributed by atoms with Gasteiger partial charge in [-0.3, -0.25) is 4.79 Å². The van der Waals surface area contributed by atoms with E-state index in [0.717, 1.165) is 19.3 Å². The second-order valence-corrected chi connectivity index (χ2v) is 6.00. The highest BCUT2D eigenvalue weighted by molar-refractivity contribution is 5.95. The van der Waals surface area contributed by atoms with E-state index in [0.29, 0.717) is 5.56 Å². The molecule has 3 N–H and O–H groups in total. The van der Waals surface area contributed by atoms with Crippen LogP contribution < -0.4 is 5.32 Å². The molecule has 1 unspecified atom stereocenters. The number of hydrogen-bond donors (Lipinski definition) is 3. The molecule has 0 saturated heterocycles. The number of carbonyl (C=O) groups is 1. The van der Waals surface area contributed by atoms with Crippen LogP contribution in [0.5, 0.6) is 11.5 Å². The first-order chi connectivity index (χ1) is 8.88. The first kappa shape index (κ1) is 13.7. The summed E-state index contributed by atoms with van der Waals surface area (Å²) in [7, 11) is 0. The number of nitrogens with one attached hydrogen (secondary N) is 1. The average molecular weight is 263 g/mol. The molecule has 19 heavy (non-hydrogen) atoms. The largest absolute Gasteiger partial charge is 0.508 e. The highest BCUT2D eigenvalue weighted by Gasteiger charge is 2.33. The lowest BCUT2D eigenvalue weighted by molar-refractivity contribution is 0.0853. The van der Waals surface area contributed by atoms with Crippen LogP contribution in [0.25, 0.3) is 0 Å². The van der Waals surface area contributed by atoms with Crippen molar-refractivity contribution < 1.29 is 15.0 Å². The molecule has 1 fully saturated rings. The third kappa shape index (κ3) is 3.19. The number of phenols is 2. The third-order valence-electron chi connectivity index (χ3n) is 3.98. The van der Waals surface area contributed by atoms with Gasteiger partial charge < -0.3 is 15.5 Å². The minimum absolute atomic E-state index is 0.0901. The molecule has 1 aromatic rings. The van der Waals surface area contributed by atoms with E-state index in [1.165, 1.54) is 24.6 Å². The van der Waals surface area contributed by atoms with Gasteiger partial charge in [-0.25, -0.2) is 0 Å². The third-order valence-corrected chi connectivity index (χ3v) is 3.98. The van der Waals surface area contributed by atoms with Crippen molar-refractivity contribution in [3.63, 3.8) is 0 Å². The zero-order chi connectivity index (χ0) is 14.0. The van der Waals surface area contributed by atoms with Crippen LogP contribution in [-0.2, 0) is 0 Å². The van der Waals surface area contributed by atoms with Crippen molar-refractivity contribution in [1.82, 2.24) is 5.32 Å². The van der Waals surface area contributed by atoms with E-state index in [2.05, 4.69) is 19.2 Å². The zero-order valence-electron chi connectivity index (χ0n) is 11.4. The molecule has 0 radical (unpaired) electrons. The molecule has 4 heteroatoms. The van der Waals surface area contributed by atoms with Crippen molar-refractivity contribution >= 4 is 5.91 Å². The zero-order valence-corrected chi connectivity index (χ0v) is 11.4. The van der Waals surface area contributed by atoms with Crippen LogP contribution in [0.15, 0.2) is 18.2 Å². The number of benzene rings is 1. The minimum atomic E-state index is -0.244. The maximum absolute atomic E-state index is 12.2. The van der Waals surface area contributed by atoms with Crippen LogP contribution in [0, 0.1) is 5.41 Å². The van der Waals surface area contributed by atoms with Gasteiger partial charge in [0.05, 0.1) is 0 Å². The number of carbonyl (C=O) groups excluding carboxylic acids is 1. The summed E-state index contributed by atoms with van der Waals surface area (Å²) in [6.45, 7) is 4.33. The van der Waals surface area contributed by atoms with Gasteiger partial charge in [0.2, 0.25) is 0 Å². The monoisotopic (exact) mass is 263 g/mol. The van der Waals surface area contributed by atoms with Crippen LogP contribution in [0.4, 0.5) is 0 Å². The lowest BCUT2D eigenvalue weighted by atomic mass is 9.73. The summed E-state index contributed by atoms with van der Waals surface area (Å²) in [6.07, 6.45) is 4.40. The van der Waals surface area contributed by atoms with Crippen LogP contribution >= 0.6 is 0 Å². The summed E-state index contributed by atoms with van der Waals surface area (Å²) < 4.78 is 0. The van der Waals surface area contributed by atoms with E-state index in [-0.39, 0.29) is 28.9 Å². The van der Waals surface area contributed by atoms with Crippen LogP contribution in [0.3, 0.4) is 0 Å². The first-order valence-corrected chi connectivity index (χ1v) is 6.72. The van der Waals surface area contributed by atoms with E-state index in [1.54, 1.807) is 0 Å². The van der Waals surface area contributed by atoms with E-state index in [1.807, 2.05) is 0 Å². The van der Waals surface area contributed by atoms with Crippen LogP contribution in [0.1, 0.15) is 49.9 Å². The van der Waals surface area contributed by atoms with Gasteiger partial charge in [0.1, 0.15) is 11.5 Å². The lowest BCUT2D eigenvalue weighted by Gasteiger charge is -2.39. The molecular weight excluding hydrogens is 242 g/mol. The topological polar surface area (TPSA) is 69.6 Å². The number of hydrogen-bond acceptors (Lipinski definition) is 3. The summed E-state index contributed by atoms with van der Waals surface area (Å²) in [4.78, 5) is 12.2. The second-order valence-electron chi connectivity index (χ2n) is 6.00. The Morgan fingerprint density at radius 3 is 2.42 bits per heavy atom. The van der Waals surface area contributed by atoms with Gasteiger partial charge in [0, 0.05) is 17.7 Å². The number of aromatic hydroxyl groups is 2. The second kappa shape index (κ2) is 5.11. The Labute approximate surface area is 113 Å². The average Bonchev–Trinajstić information content (AvgIpc) is 2.30. The maximum Gasteiger partial charge on any atom is 0.251 e. The minimum Gasteiger partial charge on any atom is -0.508 e. The molecule has 0 bridgehead atoms. The fourth-order valence-corrected chi connectivity index (χ4v) is 2.73. The summed E-state index contributed by atoms with van der Waals surface area (Å²) >= 11 is 0. The van der Waals surface area contributed by atoms with Crippen molar-refractivity contribution in [1.29, 1.82) is 0 Å². The first-order valence-electron chi connectivity index (χ1n) is 6.72. The van der Waals surface area contributed by atoms with Gasteiger partial charge in [0.25, 0.3) is 5.91 Å². The molecule has 0 aliphatic heterocycles. The Bertz CT molecular complexity index is 462. The normalized spacial score (nSPS) is 21.9. The van der Waals surface area contributed by atoms with Crippen molar-refractivity contribution in [2.75, 3.05) is 0 Å². The van der Waals surface area contributed by atoms with Gasteiger partial charge >= 0.3 is 0 Å². The van der Waals surface area contributed by atoms with Gasteiger partial charge in [-0.2, -0.15) is 0 Å². The highest BCUT2D eigenvalue weighted by atomic mass is 16.3. The standard InChI is InChI=1S/C15H21NO3/c1-15(2)6-4-3-5-13(15)16-14(19)10-7-11(17)9-12(18)8-10/h7-9,13,17-18H,3-6H2,1-2H3,(H,16,19). The van der Waals surface area contributed by atoms with E-state index >= 15 is 0 Å². The molecule has 1 saturated carbocycles. The van der Waals surface area contributed by atoms with Gasteiger partial charge in [-0.1, -0.05) is 26.7 Å². The SMILES string of the molecule is CC1(C)CCCCC1NC(=O)c1cc(O)cc(O)c1. The quantitative estimate of drug-likeness (QED) is 0.768. The molecule has 1 aliphatic carbocycles. The van der Waals surface area contributed by atoms with Crippen LogP contribution in [0.2, 0.25) is 0 Å². The van der Waals surface area contributed by atoms with Gasteiger partial charge in [0.15, 0.2) is 0 Å². The van der Waals surface area contributed by atoms with Crippen molar-refractivity contribution in [2.45, 2.75) is 45.6 Å². The Morgan fingerprint density at radius 2 is 1.84 bits per heavy atom. The van der Waals surface area contributed by atoms with Crippen LogP contribution in [-0.4, -0.2) is 22.2 Å². The molecule has 2 rings (SSSR count). The van der Waals surface area contributed by atoms with E-state index in [4.69, 9.17) is 0 Å². The Balaban J connectivity index is 2.12. The van der Waals surface area contributed by atoms with E-state index in [9.17, 15) is 15.0 Å². The van der Waals surface area contributed by atoms with Crippen molar-refractivity contribution in [3.8, 4) is 11.5 Å². The molecule has 4 nitrogen and oxygen atoms in total.